The van der Waals surface area contributed by atoms with Crippen LogP contribution in [0, 0.1) is 0 Å². The van der Waals surface area contributed by atoms with Gasteiger partial charge in [-0.2, -0.15) is 16.8 Å². The SMILES string of the molecule is CSc1cc(-c2ccc(N=Nc3c(S(=O)(=O)O)cc4ccccc4c3O)c(SC)c2)ccc1N=Nc1c(S(=O)(=O)O)cc2ccccc2c1O. The third-order valence-electron chi connectivity index (χ3n) is 7.68. The number of phenols is 2. The second-order valence-corrected chi connectivity index (χ2v) is 15.2. The highest BCUT2D eigenvalue weighted by Gasteiger charge is 2.23. The maximum Gasteiger partial charge on any atom is 0.296 e. The van der Waals surface area contributed by atoms with Crippen molar-refractivity contribution in [1.82, 2.24) is 0 Å². The number of benzene rings is 6. The van der Waals surface area contributed by atoms with E-state index >= 15 is 0 Å². The van der Waals surface area contributed by atoms with Gasteiger partial charge in [0.2, 0.25) is 0 Å². The fourth-order valence-electron chi connectivity index (χ4n) is 5.26. The maximum absolute atomic E-state index is 12.2. The lowest BCUT2D eigenvalue weighted by Crippen LogP contribution is -1.99. The van der Waals surface area contributed by atoms with Gasteiger partial charge in [0.1, 0.15) is 21.2 Å². The second kappa shape index (κ2) is 13.8. The Kier molecular flexibility index (Phi) is 9.67. The molecule has 6 aromatic rings. The van der Waals surface area contributed by atoms with Gasteiger partial charge in [0, 0.05) is 20.6 Å². The quantitative estimate of drug-likeness (QED) is 0.0627. The normalized spacial score (nSPS) is 12.5. The van der Waals surface area contributed by atoms with Gasteiger partial charge >= 0.3 is 0 Å². The van der Waals surface area contributed by atoms with E-state index in [1.54, 1.807) is 72.8 Å². The summed E-state index contributed by atoms with van der Waals surface area (Å²) in [4.78, 5) is 0.205. The van der Waals surface area contributed by atoms with Crippen LogP contribution in [0.4, 0.5) is 22.7 Å². The van der Waals surface area contributed by atoms with Crippen LogP contribution in [0.25, 0.3) is 32.7 Å². The molecule has 0 radical (unpaired) electrons. The summed E-state index contributed by atoms with van der Waals surface area (Å²) < 4.78 is 68.4. The van der Waals surface area contributed by atoms with Crippen LogP contribution in [0.1, 0.15) is 0 Å². The first-order valence-corrected chi connectivity index (χ1v) is 19.8. The van der Waals surface area contributed by atoms with Gasteiger partial charge in [-0.1, -0.05) is 60.7 Å². The molecule has 0 aliphatic carbocycles. The molecule has 0 saturated heterocycles. The van der Waals surface area contributed by atoms with E-state index in [9.17, 15) is 36.2 Å². The predicted molar refractivity (Wildman–Crippen MR) is 195 cm³/mol. The highest BCUT2D eigenvalue weighted by molar-refractivity contribution is 7.99. The van der Waals surface area contributed by atoms with Crippen molar-refractivity contribution in [3.63, 3.8) is 0 Å². The smallest absolute Gasteiger partial charge is 0.296 e. The number of phenolic OH excluding ortho intramolecular Hbond substituents is 2. The van der Waals surface area contributed by atoms with E-state index in [2.05, 4.69) is 20.5 Å². The van der Waals surface area contributed by atoms with E-state index in [4.69, 9.17) is 0 Å². The molecule has 0 amide bonds. The maximum atomic E-state index is 12.2. The summed E-state index contributed by atoms with van der Waals surface area (Å²) in [6.45, 7) is 0. The van der Waals surface area contributed by atoms with Crippen molar-refractivity contribution in [3.05, 3.63) is 97.1 Å². The summed E-state index contributed by atoms with van der Waals surface area (Å²) >= 11 is 2.73. The Morgan fingerprint density at radius 3 is 1.26 bits per heavy atom. The number of hydrogen-bond donors (Lipinski definition) is 4. The molecule has 254 valence electrons. The van der Waals surface area contributed by atoms with Crippen molar-refractivity contribution in [1.29, 1.82) is 0 Å². The first-order valence-electron chi connectivity index (χ1n) is 14.4. The number of nitrogens with zero attached hydrogens (tertiary/aromatic N) is 4. The average molecular weight is 747 g/mol. The molecule has 16 heteroatoms. The van der Waals surface area contributed by atoms with E-state index in [-0.39, 0.29) is 0 Å². The molecule has 12 nitrogen and oxygen atoms in total. The molecule has 0 atom stereocenters. The lowest BCUT2D eigenvalue weighted by molar-refractivity contribution is 0.471. The largest absolute Gasteiger partial charge is 0.505 e. The minimum absolute atomic E-state index is 0.342. The van der Waals surface area contributed by atoms with E-state index in [0.717, 1.165) is 11.1 Å². The molecule has 0 heterocycles. The molecule has 0 unspecified atom stereocenters. The van der Waals surface area contributed by atoms with Gasteiger partial charge in [0.15, 0.2) is 11.5 Å². The van der Waals surface area contributed by atoms with Crippen LogP contribution in [0.5, 0.6) is 11.5 Å². The number of fused-ring (bicyclic) bond motifs is 2. The van der Waals surface area contributed by atoms with Crippen molar-refractivity contribution >= 4 is 88.1 Å². The van der Waals surface area contributed by atoms with E-state index in [0.29, 0.717) is 42.7 Å². The highest BCUT2D eigenvalue weighted by atomic mass is 32.2. The molecule has 0 aliphatic heterocycles. The second-order valence-electron chi connectivity index (χ2n) is 10.7. The van der Waals surface area contributed by atoms with E-state index in [1.165, 1.54) is 35.7 Å². The molecular formula is C34H26N4O8S4. The molecule has 0 saturated carbocycles. The summed E-state index contributed by atoms with van der Waals surface area (Å²) in [5.41, 5.74) is 1.57. The molecule has 50 heavy (non-hydrogen) atoms. The zero-order chi connectivity index (χ0) is 35.8. The summed E-state index contributed by atoms with van der Waals surface area (Å²) in [5, 5.41) is 39.8. The van der Waals surface area contributed by atoms with Crippen LogP contribution < -0.4 is 0 Å². The monoisotopic (exact) mass is 746 g/mol. The van der Waals surface area contributed by atoms with Gasteiger partial charge in [-0.3, -0.25) is 9.11 Å². The minimum Gasteiger partial charge on any atom is -0.505 e. The lowest BCUT2D eigenvalue weighted by Gasteiger charge is -2.11. The molecular weight excluding hydrogens is 721 g/mol. The molecule has 6 rings (SSSR count). The van der Waals surface area contributed by atoms with Gasteiger partial charge in [0.25, 0.3) is 20.2 Å². The lowest BCUT2D eigenvalue weighted by atomic mass is 10.0. The topological polar surface area (TPSA) is 199 Å². The third kappa shape index (κ3) is 6.94. The van der Waals surface area contributed by atoms with Crippen LogP contribution in [-0.2, 0) is 20.2 Å². The van der Waals surface area contributed by atoms with Gasteiger partial charge in [-0.05, 0) is 70.8 Å². The van der Waals surface area contributed by atoms with Crippen molar-refractivity contribution in [2.45, 2.75) is 19.6 Å². The van der Waals surface area contributed by atoms with Gasteiger partial charge < -0.3 is 10.2 Å². The number of hydrogen-bond acceptors (Lipinski definition) is 12. The highest BCUT2D eigenvalue weighted by Crippen LogP contribution is 2.44. The summed E-state index contributed by atoms with van der Waals surface area (Å²) in [6.07, 6.45) is 3.66. The Morgan fingerprint density at radius 1 is 0.520 bits per heavy atom. The number of azo groups is 2. The van der Waals surface area contributed by atoms with Gasteiger partial charge in [-0.25, -0.2) is 0 Å². The fourth-order valence-corrected chi connectivity index (χ4v) is 7.70. The van der Waals surface area contributed by atoms with Crippen molar-refractivity contribution < 1.29 is 36.2 Å². The van der Waals surface area contributed by atoms with Crippen molar-refractivity contribution in [2.24, 2.45) is 20.5 Å². The Balaban J connectivity index is 1.35. The van der Waals surface area contributed by atoms with Crippen LogP contribution in [0.15, 0.2) is 137 Å². The fraction of sp³-hybridized carbons (Fsp3) is 0.0588. The molecule has 0 aliphatic rings. The number of thioether (sulfide) groups is 2. The van der Waals surface area contributed by atoms with Crippen molar-refractivity contribution in [2.75, 3.05) is 12.5 Å². The van der Waals surface area contributed by atoms with Gasteiger partial charge in [-0.15, -0.1) is 44.0 Å². The molecule has 6 aromatic carbocycles. The molecule has 0 fully saturated rings. The molecule has 0 aromatic heterocycles. The first kappa shape index (κ1) is 35.0. The Bertz CT molecular complexity index is 2430. The standard InChI is InChI=1S/C34H26N4O8S4/c1-47-27-15-19(11-13-25(27)35-37-31-29(49(41,42)43)17-21-7-3-5-9-23(21)33(31)39)20-12-14-26(28(16-20)48-2)36-38-32-30(50(44,45)46)18-22-8-4-6-10-24(22)34(32)40/h3-18,39-40H,1-2H3,(H,41,42,43)(H,44,45,46). The summed E-state index contributed by atoms with van der Waals surface area (Å²) in [6, 6.07) is 26.2. The zero-order valence-electron chi connectivity index (χ0n) is 26.1. The molecule has 4 N–H and O–H groups in total. The Hall–Kier alpha value is -4.84. The molecule has 0 bridgehead atoms. The van der Waals surface area contributed by atoms with Crippen LogP contribution in [0.2, 0.25) is 0 Å². The predicted octanol–water partition coefficient (Wildman–Crippen LogP) is 9.84. The van der Waals surface area contributed by atoms with Crippen LogP contribution in [0.3, 0.4) is 0 Å². The number of rotatable bonds is 9. The molecule has 0 spiro atoms. The third-order valence-corrected chi connectivity index (χ3v) is 11.0. The Morgan fingerprint density at radius 2 is 0.900 bits per heavy atom. The zero-order valence-corrected chi connectivity index (χ0v) is 29.3. The van der Waals surface area contributed by atoms with Gasteiger partial charge in [0.05, 0.1) is 11.4 Å². The van der Waals surface area contributed by atoms with Crippen LogP contribution >= 0.6 is 23.5 Å². The van der Waals surface area contributed by atoms with Crippen LogP contribution in [-0.4, -0.2) is 48.7 Å². The minimum atomic E-state index is -4.75. The van der Waals surface area contributed by atoms with Crippen molar-refractivity contribution in [3.8, 4) is 22.6 Å². The summed E-state index contributed by atoms with van der Waals surface area (Å²) in [5.74, 6) is -0.873. The number of aromatic hydroxyl groups is 2. The Labute approximate surface area is 295 Å². The van der Waals surface area contributed by atoms with E-state index < -0.39 is 52.9 Å². The average Bonchev–Trinajstić information content (AvgIpc) is 3.09. The summed E-state index contributed by atoms with van der Waals surface area (Å²) in [7, 11) is -9.49. The van der Waals surface area contributed by atoms with E-state index in [1.807, 2.05) is 24.6 Å². The first-order chi connectivity index (χ1) is 23.8.